The Hall–Kier alpha value is -5.76. The molecular weight excluding hydrogens is 665 g/mol. The Bertz CT molecular complexity index is 2450. The molecule has 8 nitrogen and oxygen atoms in total. The van der Waals surface area contributed by atoms with E-state index in [-0.39, 0.29) is 12.2 Å². The van der Waals surface area contributed by atoms with Crippen molar-refractivity contribution in [1.82, 2.24) is 9.13 Å². The SMILES string of the molecule is CCOC(=O)C1=C(c2ccccc2)N=c2sc(=Cc3cc(C)n(-c4ccc(OCc5ccc(C#N)cc5)cc4)c3C)c(=O)n2[C@@H]1c1cccs1. The molecule has 6 aromatic rings. The number of fused-ring (bicyclic) bond motifs is 1. The van der Waals surface area contributed by atoms with E-state index in [4.69, 9.17) is 19.7 Å². The number of nitriles is 1. The second-order valence-electron chi connectivity index (χ2n) is 11.7. The molecule has 10 heteroatoms. The summed E-state index contributed by atoms with van der Waals surface area (Å²) in [6, 6.07) is 32.2. The zero-order valence-corrected chi connectivity index (χ0v) is 29.3. The summed E-state index contributed by atoms with van der Waals surface area (Å²) in [4.78, 5) is 34.2. The van der Waals surface area contributed by atoms with Crippen molar-refractivity contribution in [3.05, 3.63) is 166 Å². The number of nitrogens with zero attached hydrogens (tertiary/aromatic N) is 4. The summed E-state index contributed by atoms with van der Waals surface area (Å²) in [5, 5.41) is 11.0. The second-order valence-corrected chi connectivity index (χ2v) is 13.7. The van der Waals surface area contributed by atoms with Gasteiger partial charge in [-0.2, -0.15) is 5.26 Å². The maximum atomic E-state index is 14.3. The highest BCUT2D eigenvalue weighted by Gasteiger charge is 2.35. The summed E-state index contributed by atoms with van der Waals surface area (Å²) in [7, 11) is 0. The van der Waals surface area contributed by atoms with Gasteiger partial charge in [-0.05, 0) is 91.9 Å². The number of ether oxygens (including phenoxy) is 2. The molecule has 0 amide bonds. The molecule has 0 saturated heterocycles. The van der Waals surface area contributed by atoms with Crippen LogP contribution in [0.2, 0.25) is 0 Å². The number of thiazole rings is 1. The fraction of sp³-hybridized carbons (Fsp3) is 0.150. The summed E-state index contributed by atoms with van der Waals surface area (Å²) >= 11 is 2.80. The van der Waals surface area contributed by atoms with Gasteiger partial charge in [0.2, 0.25) is 0 Å². The third-order valence-corrected chi connectivity index (χ3v) is 10.4. The van der Waals surface area contributed by atoms with Crippen molar-refractivity contribution in [2.45, 2.75) is 33.4 Å². The van der Waals surface area contributed by atoms with Gasteiger partial charge in [0.05, 0.1) is 34.0 Å². The summed E-state index contributed by atoms with van der Waals surface area (Å²) < 4.78 is 15.8. The zero-order valence-electron chi connectivity index (χ0n) is 27.6. The van der Waals surface area contributed by atoms with Crippen molar-refractivity contribution >= 4 is 40.4 Å². The lowest BCUT2D eigenvalue weighted by Gasteiger charge is -2.24. The average Bonchev–Trinajstić information content (AvgIpc) is 3.86. The largest absolute Gasteiger partial charge is 0.489 e. The Kier molecular flexibility index (Phi) is 9.17. The van der Waals surface area contributed by atoms with Crippen LogP contribution in [0, 0.1) is 25.2 Å². The molecule has 1 aliphatic rings. The number of benzene rings is 3. The van der Waals surface area contributed by atoms with E-state index in [1.807, 2.05) is 104 Å². The molecule has 0 spiro atoms. The van der Waals surface area contributed by atoms with Gasteiger partial charge in [0.1, 0.15) is 18.4 Å². The molecule has 4 heterocycles. The van der Waals surface area contributed by atoms with Crippen molar-refractivity contribution in [3.8, 4) is 17.5 Å². The molecular formula is C40H32N4O4S2. The van der Waals surface area contributed by atoms with E-state index < -0.39 is 12.0 Å². The predicted octanol–water partition coefficient (Wildman–Crippen LogP) is 6.86. The second kappa shape index (κ2) is 14.0. The molecule has 3 aromatic heterocycles. The lowest BCUT2D eigenvalue weighted by Crippen LogP contribution is -2.39. The van der Waals surface area contributed by atoms with E-state index in [0.717, 1.165) is 44.4 Å². The van der Waals surface area contributed by atoms with Crippen LogP contribution in [0.1, 0.15) is 51.5 Å². The zero-order chi connectivity index (χ0) is 34.8. The van der Waals surface area contributed by atoms with Crippen LogP contribution in [0.4, 0.5) is 0 Å². The number of carbonyl (C=O) groups is 1. The number of esters is 1. The Morgan fingerprint density at radius 2 is 1.76 bits per heavy atom. The summed E-state index contributed by atoms with van der Waals surface area (Å²) in [5.74, 6) is 0.247. The van der Waals surface area contributed by atoms with Crippen LogP contribution in [0.15, 0.2) is 118 Å². The van der Waals surface area contributed by atoms with Crippen molar-refractivity contribution in [2.75, 3.05) is 6.61 Å². The number of rotatable bonds is 9. The summed E-state index contributed by atoms with van der Waals surface area (Å²) in [5.41, 5.74) is 6.90. The first-order chi connectivity index (χ1) is 24.4. The van der Waals surface area contributed by atoms with E-state index in [0.29, 0.717) is 32.8 Å². The molecule has 0 radical (unpaired) electrons. The minimum atomic E-state index is -0.673. The maximum absolute atomic E-state index is 14.3. The summed E-state index contributed by atoms with van der Waals surface area (Å²) in [6.45, 7) is 6.45. The predicted molar refractivity (Wildman–Crippen MR) is 196 cm³/mol. The Balaban J connectivity index is 1.25. The number of hydrogen-bond donors (Lipinski definition) is 0. The molecule has 248 valence electrons. The van der Waals surface area contributed by atoms with Gasteiger partial charge >= 0.3 is 5.97 Å². The van der Waals surface area contributed by atoms with Gasteiger partial charge < -0.3 is 14.0 Å². The van der Waals surface area contributed by atoms with Gasteiger partial charge in [-0.1, -0.05) is 59.9 Å². The lowest BCUT2D eigenvalue weighted by atomic mass is 9.97. The van der Waals surface area contributed by atoms with E-state index in [1.54, 1.807) is 23.6 Å². The monoisotopic (exact) mass is 696 g/mol. The quantitative estimate of drug-likeness (QED) is 0.154. The van der Waals surface area contributed by atoms with E-state index in [9.17, 15) is 9.59 Å². The van der Waals surface area contributed by atoms with Crippen LogP contribution in [0.25, 0.3) is 17.5 Å². The lowest BCUT2D eigenvalue weighted by molar-refractivity contribution is -0.138. The Labute approximate surface area is 296 Å². The van der Waals surface area contributed by atoms with Gasteiger partial charge in [0.15, 0.2) is 4.80 Å². The molecule has 0 fully saturated rings. The smallest absolute Gasteiger partial charge is 0.338 e. The molecule has 0 bridgehead atoms. The third kappa shape index (κ3) is 6.25. The van der Waals surface area contributed by atoms with Crippen molar-refractivity contribution < 1.29 is 14.3 Å². The van der Waals surface area contributed by atoms with E-state index in [2.05, 4.69) is 16.7 Å². The Morgan fingerprint density at radius 3 is 2.44 bits per heavy atom. The summed E-state index contributed by atoms with van der Waals surface area (Å²) in [6.07, 6.45) is 1.92. The molecule has 3 aromatic carbocycles. The first kappa shape index (κ1) is 32.8. The number of thiophene rings is 1. The number of aromatic nitrogens is 2. The highest BCUT2D eigenvalue weighted by molar-refractivity contribution is 7.10. The van der Waals surface area contributed by atoms with Gasteiger partial charge in [-0.3, -0.25) is 9.36 Å². The number of carbonyl (C=O) groups excluding carboxylic acids is 1. The van der Waals surface area contributed by atoms with Crippen LogP contribution in [0.3, 0.4) is 0 Å². The first-order valence-electron chi connectivity index (χ1n) is 16.1. The van der Waals surface area contributed by atoms with Crippen molar-refractivity contribution in [1.29, 1.82) is 5.26 Å². The van der Waals surface area contributed by atoms with Crippen LogP contribution >= 0.6 is 22.7 Å². The highest BCUT2D eigenvalue weighted by Crippen LogP contribution is 2.37. The molecule has 7 rings (SSSR count). The van der Waals surface area contributed by atoms with Crippen molar-refractivity contribution in [3.63, 3.8) is 0 Å². The normalized spacial score (nSPS) is 14.2. The van der Waals surface area contributed by atoms with Crippen LogP contribution in [0.5, 0.6) is 5.75 Å². The van der Waals surface area contributed by atoms with Crippen LogP contribution in [-0.2, 0) is 16.1 Å². The molecule has 0 N–H and O–H groups in total. The maximum Gasteiger partial charge on any atom is 0.338 e. The minimum absolute atomic E-state index is 0.204. The molecule has 0 unspecified atom stereocenters. The molecule has 1 atom stereocenters. The van der Waals surface area contributed by atoms with E-state index in [1.165, 1.54) is 22.7 Å². The van der Waals surface area contributed by atoms with Gasteiger partial charge in [-0.25, -0.2) is 9.79 Å². The van der Waals surface area contributed by atoms with Gasteiger partial charge in [0.25, 0.3) is 5.56 Å². The molecule has 0 saturated carbocycles. The topological polar surface area (TPSA) is 98.6 Å². The molecule has 1 aliphatic heterocycles. The van der Waals surface area contributed by atoms with Crippen LogP contribution in [-0.4, -0.2) is 21.7 Å². The van der Waals surface area contributed by atoms with Gasteiger partial charge in [0, 0.05) is 27.5 Å². The fourth-order valence-electron chi connectivity index (χ4n) is 6.16. The molecule has 0 aliphatic carbocycles. The Morgan fingerprint density at radius 1 is 1.00 bits per heavy atom. The average molecular weight is 697 g/mol. The van der Waals surface area contributed by atoms with E-state index >= 15 is 0 Å². The highest BCUT2D eigenvalue weighted by atomic mass is 32.1. The third-order valence-electron chi connectivity index (χ3n) is 8.53. The number of aryl methyl sites for hydroxylation is 1. The standard InChI is InChI=1S/C40H32N4O4S2/c1-4-47-39(46)35-36(29-9-6-5-7-10-29)42-40-44(37(35)33-11-8-20-49-33)38(45)34(50-40)22-30-21-25(2)43(26(30)3)31-16-18-32(19-17-31)48-24-28-14-12-27(23-41)13-15-28/h5-22,37H,4,24H2,1-3H3/t37-/m1/s1. The number of hydrogen-bond acceptors (Lipinski definition) is 8. The van der Waals surface area contributed by atoms with Crippen molar-refractivity contribution in [2.24, 2.45) is 4.99 Å². The molecule has 50 heavy (non-hydrogen) atoms. The fourth-order valence-corrected chi connectivity index (χ4v) is 7.98. The van der Waals surface area contributed by atoms with Gasteiger partial charge in [-0.15, -0.1) is 11.3 Å². The minimum Gasteiger partial charge on any atom is -0.489 e. The first-order valence-corrected chi connectivity index (χ1v) is 17.8. The van der Waals surface area contributed by atoms with Crippen LogP contribution < -0.4 is 19.6 Å².